The molecule has 1 aliphatic carbocycles. The van der Waals surface area contributed by atoms with Gasteiger partial charge < -0.3 is 0 Å². The first-order valence-electron chi connectivity index (χ1n) is 10.9. The molecule has 3 atom stereocenters. The third kappa shape index (κ3) is 6.25. The Morgan fingerprint density at radius 1 is 1.04 bits per heavy atom. The molecule has 0 fully saturated rings. The van der Waals surface area contributed by atoms with E-state index < -0.39 is 0 Å². The minimum absolute atomic E-state index is 0.393. The fraction of sp³-hybridized carbons (Fsp3) is 0.560. The first kappa shape index (κ1) is 22.3. The van der Waals surface area contributed by atoms with Gasteiger partial charge in [-0.1, -0.05) is 63.3 Å². The zero-order chi connectivity index (χ0) is 20.4. The largest absolute Gasteiger partial charge is 0.297 e. The molecule has 0 heterocycles. The Bertz CT molecular complexity index is 710. The van der Waals surface area contributed by atoms with Crippen molar-refractivity contribution in [1.29, 1.82) is 0 Å². The monoisotopic (exact) mass is 379 g/mol. The molecule has 3 heteroatoms. The number of azo groups is 1. The molecule has 28 heavy (non-hydrogen) atoms. The predicted octanol–water partition coefficient (Wildman–Crippen LogP) is 6.80. The number of nitrogens with zero attached hydrogens (tertiary/aromatic N) is 3. The molecule has 0 amide bonds. The van der Waals surface area contributed by atoms with Crippen LogP contribution in [0.2, 0.25) is 0 Å². The summed E-state index contributed by atoms with van der Waals surface area (Å²) in [6.45, 7) is 10.3. The number of benzene rings is 1. The summed E-state index contributed by atoms with van der Waals surface area (Å²) >= 11 is 0. The molecule has 0 N–H and O–H groups in total. The quantitative estimate of drug-likeness (QED) is 0.316. The minimum atomic E-state index is 0.393. The second-order valence-electron chi connectivity index (χ2n) is 7.77. The Morgan fingerprint density at radius 3 is 2.29 bits per heavy atom. The van der Waals surface area contributed by atoms with Crippen molar-refractivity contribution in [1.82, 2.24) is 0 Å². The van der Waals surface area contributed by atoms with Gasteiger partial charge in [-0.3, -0.25) is 4.99 Å². The highest BCUT2D eigenvalue weighted by atomic mass is 15.1. The molecule has 1 aliphatic rings. The van der Waals surface area contributed by atoms with Crippen molar-refractivity contribution >= 4 is 11.3 Å². The third-order valence-electron chi connectivity index (χ3n) is 5.71. The third-order valence-corrected chi connectivity index (χ3v) is 5.71. The Balaban J connectivity index is 2.08. The Hall–Kier alpha value is -2.03. The van der Waals surface area contributed by atoms with Crippen LogP contribution in [-0.2, 0) is 6.42 Å². The van der Waals surface area contributed by atoms with Crippen molar-refractivity contribution in [2.45, 2.75) is 53.4 Å². The lowest BCUT2D eigenvalue weighted by atomic mass is 9.84. The SMILES string of the molecule is CCN=NCC(CC)C(=NC)C(CC)Cc1ccc(C2=CCC(C)C=C2)cc1. The Kier molecular flexibility index (Phi) is 9.33. The lowest BCUT2D eigenvalue weighted by Crippen LogP contribution is -2.27. The fourth-order valence-corrected chi connectivity index (χ4v) is 3.90. The highest BCUT2D eigenvalue weighted by Crippen LogP contribution is 2.26. The maximum absolute atomic E-state index is 4.70. The fourth-order valence-electron chi connectivity index (χ4n) is 3.90. The first-order valence-corrected chi connectivity index (χ1v) is 10.9. The molecule has 0 radical (unpaired) electrons. The van der Waals surface area contributed by atoms with Crippen LogP contribution in [0.3, 0.4) is 0 Å². The van der Waals surface area contributed by atoms with Gasteiger partial charge in [0.05, 0.1) is 13.1 Å². The minimum Gasteiger partial charge on any atom is -0.297 e. The molecular weight excluding hydrogens is 342 g/mol. The van der Waals surface area contributed by atoms with E-state index >= 15 is 0 Å². The lowest BCUT2D eigenvalue weighted by Gasteiger charge is -2.24. The first-order chi connectivity index (χ1) is 13.6. The van der Waals surface area contributed by atoms with Crippen molar-refractivity contribution in [3.8, 4) is 0 Å². The van der Waals surface area contributed by atoms with Gasteiger partial charge in [0.1, 0.15) is 0 Å². The summed E-state index contributed by atoms with van der Waals surface area (Å²) in [5.41, 5.74) is 5.35. The predicted molar refractivity (Wildman–Crippen MR) is 122 cm³/mol. The van der Waals surface area contributed by atoms with Crippen molar-refractivity contribution in [2.75, 3.05) is 20.1 Å². The van der Waals surface area contributed by atoms with Crippen LogP contribution in [-0.4, -0.2) is 25.8 Å². The summed E-state index contributed by atoms with van der Waals surface area (Å²) in [5, 5.41) is 8.52. The van der Waals surface area contributed by atoms with Crippen LogP contribution in [0.25, 0.3) is 5.57 Å². The average Bonchev–Trinajstić information content (AvgIpc) is 2.73. The van der Waals surface area contributed by atoms with Gasteiger partial charge in [-0.15, -0.1) is 0 Å². The van der Waals surface area contributed by atoms with E-state index in [0.29, 0.717) is 17.8 Å². The summed E-state index contributed by atoms with van der Waals surface area (Å²) in [7, 11) is 1.93. The molecule has 0 saturated carbocycles. The van der Waals surface area contributed by atoms with E-state index in [2.05, 4.69) is 73.5 Å². The highest BCUT2D eigenvalue weighted by molar-refractivity contribution is 5.89. The summed E-state index contributed by atoms with van der Waals surface area (Å²) in [5.74, 6) is 1.51. The number of rotatable bonds is 10. The van der Waals surface area contributed by atoms with Crippen LogP contribution in [0, 0.1) is 17.8 Å². The highest BCUT2D eigenvalue weighted by Gasteiger charge is 2.22. The van der Waals surface area contributed by atoms with Gasteiger partial charge in [0.2, 0.25) is 0 Å². The molecule has 2 rings (SSSR count). The summed E-state index contributed by atoms with van der Waals surface area (Å²) < 4.78 is 0. The molecule has 0 spiro atoms. The van der Waals surface area contributed by atoms with Crippen molar-refractivity contribution in [3.63, 3.8) is 0 Å². The molecule has 152 valence electrons. The smallest absolute Gasteiger partial charge is 0.0679 e. The van der Waals surface area contributed by atoms with Gasteiger partial charge in [-0.05, 0) is 55.2 Å². The van der Waals surface area contributed by atoms with E-state index in [4.69, 9.17) is 4.99 Å². The molecular formula is C25H37N3. The molecule has 0 bridgehead atoms. The van der Waals surface area contributed by atoms with Gasteiger partial charge in [-0.2, -0.15) is 10.2 Å². The molecule has 1 aromatic rings. The lowest BCUT2D eigenvalue weighted by molar-refractivity contribution is 0.571. The molecule has 1 aromatic carbocycles. The Morgan fingerprint density at radius 2 is 1.75 bits per heavy atom. The normalized spacial score (nSPS) is 19.7. The zero-order valence-electron chi connectivity index (χ0n) is 18.4. The maximum Gasteiger partial charge on any atom is 0.0679 e. The number of hydrogen-bond acceptors (Lipinski definition) is 3. The summed E-state index contributed by atoms with van der Waals surface area (Å²) in [6.07, 6.45) is 11.3. The number of aliphatic imine (C=N–C) groups is 1. The van der Waals surface area contributed by atoms with Crippen LogP contribution in [0.5, 0.6) is 0 Å². The number of allylic oxidation sites excluding steroid dienone is 4. The van der Waals surface area contributed by atoms with Gasteiger partial charge in [0.25, 0.3) is 0 Å². The van der Waals surface area contributed by atoms with Crippen molar-refractivity contribution in [2.24, 2.45) is 33.0 Å². The molecule has 0 aromatic heterocycles. The van der Waals surface area contributed by atoms with E-state index in [1.54, 1.807) is 0 Å². The van der Waals surface area contributed by atoms with Gasteiger partial charge in [0.15, 0.2) is 0 Å². The molecule has 3 nitrogen and oxygen atoms in total. The van der Waals surface area contributed by atoms with Crippen molar-refractivity contribution in [3.05, 3.63) is 53.6 Å². The van der Waals surface area contributed by atoms with Crippen molar-refractivity contribution < 1.29 is 0 Å². The maximum atomic E-state index is 4.70. The van der Waals surface area contributed by atoms with Crippen LogP contribution in [0.4, 0.5) is 0 Å². The second-order valence-corrected chi connectivity index (χ2v) is 7.77. The Labute approximate surface area is 171 Å². The molecule has 3 unspecified atom stereocenters. The molecule has 0 saturated heterocycles. The standard InChI is InChI=1S/C25H37N3/c1-6-21(25(26-5)22(7-2)18-28-27-8-3)17-20-11-15-24(16-12-20)23-13-9-19(4)10-14-23/h9,11-16,19,21-22H,6-8,10,17-18H2,1-5H3. The van der Waals surface area contributed by atoms with E-state index in [-0.39, 0.29) is 0 Å². The second kappa shape index (κ2) is 11.7. The van der Waals surface area contributed by atoms with E-state index in [1.807, 2.05) is 14.0 Å². The van der Waals surface area contributed by atoms with Gasteiger partial charge in [-0.25, -0.2) is 0 Å². The van der Waals surface area contributed by atoms with Gasteiger partial charge >= 0.3 is 0 Å². The van der Waals surface area contributed by atoms with Crippen LogP contribution in [0.1, 0.15) is 58.1 Å². The molecule has 0 aliphatic heterocycles. The average molecular weight is 380 g/mol. The topological polar surface area (TPSA) is 37.1 Å². The van der Waals surface area contributed by atoms with Gasteiger partial charge in [0, 0.05) is 24.6 Å². The summed E-state index contributed by atoms with van der Waals surface area (Å²) in [4.78, 5) is 4.70. The summed E-state index contributed by atoms with van der Waals surface area (Å²) in [6, 6.07) is 9.11. The van der Waals surface area contributed by atoms with Crippen LogP contribution >= 0.6 is 0 Å². The van der Waals surface area contributed by atoms with Crippen LogP contribution < -0.4 is 0 Å². The number of hydrogen-bond donors (Lipinski definition) is 0. The van der Waals surface area contributed by atoms with E-state index in [0.717, 1.165) is 38.8 Å². The zero-order valence-corrected chi connectivity index (χ0v) is 18.4. The van der Waals surface area contributed by atoms with E-state index in [1.165, 1.54) is 22.4 Å². The van der Waals surface area contributed by atoms with E-state index in [9.17, 15) is 0 Å². The van der Waals surface area contributed by atoms with Crippen LogP contribution in [0.15, 0.2) is 57.7 Å².